The van der Waals surface area contributed by atoms with Gasteiger partial charge in [-0.3, -0.25) is 0 Å². The molecule has 3 aromatic rings. The molecule has 0 aliphatic heterocycles. The number of nitrogens with zero attached hydrogens (tertiary/aromatic N) is 4. The summed E-state index contributed by atoms with van der Waals surface area (Å²) in [5.41, 5.74) is 0. The van der Waals surface area contributed by atoms with Gasteiger partial charge >= 0.3 is 0 Å². The number of fused-ring (bicyclic) bond motifs is 1. The van der Waals surface area contributed by atoms with Crippen molar-refractivity contribution >= 4 is 33.0 Å². The van der Waals surface area contributed by atoms with Crippen molar-refractivity contribution in [1.82, 2.24) is 20.2 Å². The van der Waals surface area contributed by atoms with Crippen molar-refractivity contribution in [3.05, 3.63) is 40.0 Å². The Labute approximate surface area is 118 Å². The highest BCUT2D eigenvalue weighted by molar-refractivity contribution is 7.19. The van der Waals surface area contributed by atoms with Gasteiger partial charge in [0.15, 0.2) is 5.82 Å². The average molecular weight is 295 g/mol. The number of hydrogen-bond donors (Lipinski definition) is 1. The van der Waals surface area contributed by atoms with Crippen LogP contribution in [0.4, 0.5) is 0 Å². The monoisotopic (exact) mass is 294 g/mol. The van der Waals surface area contributed by atoms with Crippen LogP contribution in [0.2, 0.25) is 5.02 Å². The van der Waals surface area contributed by atoms with E-state index in [1.54, 1.807) is 22.9 Å². The molecule has 19 heavy (non-hydrogen) atoms. The Balaban J connectivity index is 2.01. The fraction of sp³-hybridized carbons (Fsp3) is 0.250. The maximum atomic E-state index is 9.59. The molecule has 2 aromatic heterocycles. The first-order valence-electron chi connectivity index (χ1n) is 5.77. The summed E-state index contributed by atoms with van der Waals surface area (Å²) in [6, 6.07) is 7.97. The zero-order chi connectivity index (χ0) is 13.4. The van der Waals surface area contributed by atoms with Crippen molar-refractivity contribution in [1.29, 1.82) is 0 Å². The third-order valence-corrected chi connectivity index (χ3v) is 4.53. The van der Waals surface area contributed by atoms with Gasteiger partial charge in [-0.15, -0.1) is 16.4 Å². The lowest BCUT2D eigenvalue weighted by atomic mass is 10.2. The zero-order valence-electron chi connectivity index (χ0n) is 10.1. The van der Waals surface area contributed by atoms with E-state index in [0.29, 0.717) is 12.4 Å². The van der Waals surface area contributed by atoms with E-state index in [1.165, 1.54) is 0 Å². The van der Waals surface area contributed by atoms with E-state index in [0.717, 1.165) is 20.0 Å². The summed E-state index contributed by atoms with van der Waals surface area (Å²) in [6.45, 7) is 2.10. The summed E-state index contributed by atoms with van der Waals surface area (Å²) in [5.74, 6) is 0.438. The lowest BCUT2D eigenvalue weighted by Crippen LogP contribution is -2.08. The Morgan fingerprint density at radius 2 is 2.21 bits per heavy atom. The van der Waals surface area contributed by atoms with E-state index < -0.39 is 6.10 Å². The Morgan fingerprint density at radius 3 is 2.95 bits per heavy atom. The molecule has 0 fully saturated rings. The number of aliphatic hydroxyl groups is 1. The van der Waals surface area contributed by atoms with Crippen molar-refractivity contribution in [3.63, 3.8) is 0 Å². The predicted molar refractivity (Wildman–Crippen MR) is 74.4 cm³/mol. The summed E-state index contributed by atoms with van der Waals surface area (Å²) < 4.78 is 2.70. The number of aliphatic hydroxyl groups excluding tert-OH is 1. The zero-order valence-corrected chi connectivity index (χ0v) is 11.7. The van der Waals surface area contributed by atoms with Gasteiger partial charge in [-0.05, 0) is 23.4 Å². The highest BCUT2D eigenvalue weighted by Crippen LogP contribution is 2.35. The molecule has 0 saturated carbocycles. The molecule has 0 aliphatic carbocycles. The van der Waals surface area contributed by atoms with Crippen molar-refractivity contribution in [2.24, 2.45) is 0 Å². The number of benzene rings is 1. The first-order chi connectivity index (χ1) is 9.16. The van der Waals surface area contributed by atoms with E-state index in [4.69, 9.17) is 11.6 Å². The number of halogens is 1. The molecule has 1 N–H and O–H groups in total. The highest BCUT2D eigenvalue weighted by Gasteiger charge is 2.15. The van der Waals surface area contributed by atoms with Crippen LogP contribution in [0.5, 0.6) is 0 Å². The largest absolute Gasteiger partial charge is 0.385 e. The van der Waals surface area contributed by atoms with E-state index in [-0.39, 0.29) is 0 Å². The molecule has 0 bridgehead atoms. The molecule has 0 aliphatic rings. The van der Waals surface area contributed by atoms with Gasteiger partial charge in [0.2, 0.25) is 0 Å². The van der Waals surface area contributed by atoms with E-state index >= 15 is 0 Å². The number of tetrazole rings is 1. The Hall–Kier alpha value is -1.50. The summed E-state index contributed by atoms with van der Waals surface area (Å²) in [6.07, 6.45) is -0.705. The molecule has 7 heteroatoms. The van der Waals surface area contributed by atoms with Crippen molar-refractivity contribution in [2.45, 2.75) is 19.6 Å². The third kappa shape index (κ3) is 2.22. The molecule has 3 rings (SSSR count). The second-order valence-corrected chi connectivity index (χ2v) is 5.72. The minimum atomic E-state index is -0.705. The van der Waals surface area contributed by atoms with Gasteiger partial charge in [0, 0.05) is 15.0 Å². The molecule has 5 nitrogen and oxygen atoms in total. The van der Waals surface area contributed by atoms with Gasteiger partial charge < -0.3 is 5.11 Å². The molecule has 0 radical (unpaired) electrons. The molecule has 0 saturated heterocycles. The average Bonchev–Trinajstić information content (AvgIpc) is 2.97. The lowest BCUT2D eigenvalue weighted by Gasteiger charge is -2.05. The molecule has 2 heterocycles. The van der Waals surface area contributed by atoms with Gasteiger partial charge in [-0.2, -0.15) is 0 Å². The number of aromatic nitrogens is 4. The normalized spacial score (nSPS) is 13.0. The van der Waals surface area contributed by atoms with Crippen LogP contribution in [-0.2, 0) is 6.54 Å². The van der Waals surface area contributed by atoms with Crippen LogP contribution in [0.25, 0.3) is 10.1 Å². The maximum Gasteiger partial charge on any atom is 0.180 e. The van der Waals surface area contributed by atoms with Crippen LogP contribution in [0, 0.1) is 0 Å². The summed E-state index contributed by atoms with van der Waals surface area (Å²) in [5, 5.41) is 22.6. The van der Waals surface area contributed by atoms with E-state index in [9.17, 15) is 5.11 Å². The van der Waals surface area contributed by atoms with Gasteiger partial charge in [-0.25, -0.2) is 4.68 Å². The summed E-state index contributed by atoms with van der Waals surface area (Å²) >= 11 is 7.98. The fourth-order valence-electron chi connectivity index (χ4n) is 1.93. The minimum absolute atomic E-state index is 0.438. The Morgan fingerprint density at radius 1 is 1.42 bits per heavy atom. The molecule has 98 valence electrons. The van der Waals surface area contributed by atoms with Crippen molar-refractivity contribution in [3.8, 4) is 0 Å². The van der Waals surface area contributed by atoms with Crippen molar-refractivity contribution in [2.75, 3.05) is 0 Å². The quantitative estimate of drug-likeness (QED) is 0.806. The van der Waals surface area contributed by atoms with Gasteiger partial charge in [0.05, 0.1) is 11.6 Å². The molecule has 0 amide bonds. The van der Waals surface area contributed by atoms with Crippen LogP contribution in [0.15, 0.2) is 24.3 Å². The van der Waals surface area contributed by atoms with Crippen LogP contribution >= 0.6 is 22.9 Å². The molecular formula is C12H11ClN4OS. The standard InChI is InChI=1S/C12H11ClN4OS/c1-7(18)12-14-15-16-17(12)6-10-11(13)8-4-2-3-5-9(8)19-10/h2-5,7,18H,6H2,1H3/t7-/m1/s1. The SMILES string of the molecule is C[C@@H](O)c1nnnn1Cc1sc2ccccc2c1Cl. The number of hydrogen-bond acceptors (Lipinski definition) is 5. The minimum Gasteiger partial charge on any atom is -0.385 e. The molecule has 0 unspecified atom stereocenters. The number of rotatable bonds is 3. The smallest absolute Gasteiger partial charge is 0.180 e. The van der Waals surface area contributed by atoms with Crippen LogP contribution in [-0.4, -0.2) is 25.3 Å². The fourth-order valence-corrected chi connectivity index (χ4v) is 3.40. The topological polar surface area (TPSA) is 63.8 Å². The van der Waals surface area contributed by atoms with E-state index in [1.807, 2.05) is 24.3 Å². The lowest BCUT2D eigenvalue weighted by molar-refractivity contribution is 0.182. The Bertz CT molecular complexity index is 721. The van der Waals surface area contributed by atoms with Gasteiger partial charge in [-0.1, -0.05) is 29.8 Å². The maximum absolute atomic E-state index is 9.59. The summed E-state index contributed by atoms with van der Waals surface area (Å²) in [4.78, 5) is 0.983. The second kappa shape index (κ2) is 4.88. The summed E-state index contributed by atoms with van der Waals surface area (Å²) in [7, 11) is 0. The first-order valence-corrected chi connectivity index (χ1v) is 6.96. The molecule has 1 aromatic carbocycles. The van der Waals surface area contributed by atoms with Crippen LogP contribution in [0.3, 0.4) is 0 Å². The second-order valence-electron chi connectivity index (χ2n) is 4.21. The first kappa shape index (κ1) is 12.5. The highest BCUT2D eigenvalue weighted by atomic mass is 35.5. The van der Waals surface area contributed by atoms with E-state index in [2.05, 4.69) is 15.5 Å². The molecule has 0 spiro atoms. The molecule has 1 atom stereocenters. The van der Waals surface area contributed by atoms with Crippen molar-refractivity contribution < 1.29 is 5.11 Å². The third-order valence-electron chi connectivity index (χ3n) is 2.83. The predicted octanol–water partition coefficient (Wildman–Crippen LogP) is 2.64. The van der Waals surface area contributed by atoms with Crippen LogP contribution in [0.1, 0.15) is 23.7 Å². The molecular weight excluding hydrogens is 284 g/mol. The van der Waals surface area contributed by atoms with Gasteiger partial charge in [0.25, 0.3) is 0 Å². The van der Waals surface area contributed by atoms with Crippen LogP contribution < -0.4 is 0 Å². The Kier molecular flexibility index (Phi) is 3.22. The van der Waals surface area contributed by atoms with Gasteiger partial charge in [0.1, 0.15) is 6.10 Å². The number of thiophene rings is 1.